The van der Waals surface area contributed by atoms with E-state index >= 15 is 0 Å². The van der Waals surface area contributed by atoms with Crippen molar-refractivity contribution in [3.8, 4) is 11.4 Å². The predicted molar refractivity (Wildman–Crippen MR) is 119 cm³/mol. The van der Waals surface area contributed by atoms with Gasteiger partial charge in [0.2, 0.25) is 17.2 Å². The first-order chi connectivity index (χ1) is 15.2. The Hall–Kier alpha value is -4.24. The maximum Gasteiger partial charge on any atom is 0.233 e. The highest BCUT2D eigenvalue weighted by Crippen LogP contribution is 2.20. The largest absolute Gasteiger partial charge is 0.321 e. The van der Waals surface area contributed by atoms with Crippen molar-refractivity contribution >= 4 is 34.9 Å². The summed E-state index contributed by atoms with van der Waals surface area (Å²) >= 11 is 6.10. The fourth-order valence-corrected chi connectivity index (χ4v) is 3.10. The van der Waals surface area contributed by atoms with E-state index in [9.17, 15) is 0 Å². The van der Waals surface area contributed by atoms with Gasteiger partial charge in [-0.2, -0.15) is 25.1 Å². The first-order valence-electron chi connectivity index (χ1n) is 9.39. The van der Waals surface area contributed by atoms with Crippen molar-refractivity contribution in [2.45, 2.75) is 0 Å². The number of rotatable bonds is 6. The van der Waals surface area contributed by atoms with Crippen molar-refractivity contribution in [2.75, 3.05) is 10.6 Å². The molecule has 31 heavy (non-hydrogen) atoms. The molecule has 10 heteroatoms. The number of hydrogen-bond acceptors (Lipinski definition) is 7. The van der Waals surface area contributed by atoms with Crippen LogP contribution in [0.3, 0.4) is 0 Å². The molecule has 0 atom stereocenters. The van der Waals surface area contributed by atoms with Gasteiger partial charge in [0.15, 0.2) is 0 Å². The normalized spacial score (nSPS) is 10.7. The second kappa shape index (κ2) is 8.25. The van der Waals surface area contributed by atoms with Crippen LogP contribution < -0.4 is 10.6 Å². The first kappa shape index (κ1) is 18.8. The predicted octanol–water partition coefficient (Wildman–Crippen LogP) is 4.38. The molecule has 3 aromatic heterocycles. The standard InChI is InChI=1S/C21H16ClN9/c22-19-27-20(25-15-11-23-30(13-15)17-7-3-1-4-8-17)29-21(28-19)26-16-12-24-31(14-16)18-9-5-2-6-10-18/h1-14H,(H2,25,26,27,28,29). The summed E-state index contributed by atoms with van der Waals surface area (Å²) in [6.07, 6.45) is 7.04. The minimum absolute atomic E-state index is 0.0610. The highest BCUT2D eigenvalue weighted by Gasteiger charge is 2.09. The number of para-hydroxylation sites is 2. The Labute approximate surface area is 182 Å². The van der Waals surface area contributed by atoms with Gasteiger partial charge in [-0.25, -0.2) is 9.36 Å². The molecule has 2 aromatic carbocycles. The Morgan fingerprint density at radius 1 is 0.613 bits per heavy atom. The Morgan fingerprint density at radius 2 is 1.06 bits per heavy atom. The third-order valence-electron chi connectivity index (χ3n) is 4.33. The smallest absolute Gasteiger partial charge is 0.233 e. The Kier molecular flexibility index (Phi) is 4.99. The van der Waals surface area contributed by atoms with Crippen LogP contribution in [0.25, 0.3) is 11.4 Å². The maximum absolute atomic E-state index is 6.10. The summed E-state index contributed by atoms with van der Waals surface area (Å²) in [7, 11) is 0. The number of halogens is 1. The summed E-state index contributed by atoms with van der Waals surface area (Å²) < 4.78 is 3.50. The van der Waals surface area contributed by atoms with E-state index in [0.29, 0.717) is 23.3 Å². The van der Waals surface area contributed by atoms with Crippen molar-refractivity contribution in [1.29, 1.82) is 0 Å². The molecule has 0 bridgehead atoms. The molecule has 0 amide bonds. The van der Waals surface area contributed by atoms with Gasteiger partial charge in [-0.15, -0.1) is 0 Å². The van der Waals surface area contributed by atoms with Crippen LogP contribution in [0.2, 0.25) is 5.28 Å². The van der Waals surface area contributed by atoms with Gasteiger partial charge in [0, 0.05) is 0 Å². The van der Waals surface area contributed by atoms with E-state index in [1.807, 2.05) is 73.1 Å². The van der Waals surface area contributed by atoms with Crippen LogP contribution in [0, 0.1) is 0 Å². The monoisotopic (exact) mass is 429 g/mol. The van der Waals surface area contributed by atoms with Gasteiger partial charge < -0.3 is 10.6 Å². The molecule has 0 aliphatic rings. The summed E-state index contributed by atoms with van der Waals surface area (Å²) in [6.45, 7) is 0. The van der Waals surface area contributed by atoms with Crippen LogP contribution in [0.5, 0.6) is 0 Å². The molecule has 9 nitrogen and oxygen atoms in total. The van der Waals surface area contributed by atoms with Gasteiger partial charge in [0.05, 0.1) is 47.5 Å². The molecular weight excluding hydrogens is 414 g/mol. The number of benzene rings is 2. The zero-order valence-electron chi connectivity index (χ0n) is 16.1. The zero-order valence-corrected chi connectivity index (χ0v) is 16.8. The van der Waals surface area contributed by atoms with E-state index in [4.69, 9.17) is 11.6 Å². The van der Waals surface area contributed by atoms with E-state index in [2.05, 4.69) is 35.8 Å². The van der Waals surface area contributed by atoms with Gasteiger partial charge in [0.25, 0.3) is 0 Å². The van der Waals surface area contributed by atoms with Gasteiger partial charge in [-0.3, -0.25) is 0 Å². The Bertz CT molecular complexity index is 1200. The number of hydrogen-bond donors (Lipinski definition) is 2. The molecule has 5 aromatic rings. The van der Waals surface area contributed by atoms with Gasteiger partial charge >= 0.3 is 0 Å². The molecule has 0 unspecified atom stereocenters. The van der Waals surface area contributed by atoms with Crippen LogP contribution in [-0.2, 0) is 0 Å². The fourth-order valence-electron chi connectivity index (χ4n) is 2.94. The summed E-state index contributed by atoms with van der Waals surface area (Å²) in [5.74, 6) is 0.594. The van der Waals surface area contributed by atoms with Crippen molar-refractivity contribution < 1.29 is 0 Å². The number of aromatic nitrogens is 7. The average Bonchev–Trinajstić information content (AvgIpc) is 3.44. The molecule has 0 saturated carbocycles. The molecule has 0 aliphatic carbocycles. The van der Waals surface area contributed by atoms with Gasteiger partial charge in [-0.1, -0.05) is 36.4 Å². The van der Waals surface area contributed by atoms with Crippen LogP contribution in [-0.4, -0.2) is 34.5 Å². The highest BCUT2D eigenvalue weighted by molar-refractivity contribution is 6.28. The molecule has 0 saturated heterocycles. The third kappa shape index (κ3) is 4.36. The highest BCUT2D eigenvalue weighted by atomic mass is 35.5. The van der Waals surface area contributed by atoms with E-state index in [0.717, 1.165) is 11.4 Å². The van der Waals surface area contributed by atoms with Crippen molar-refractivity contribution in [1.82, 2.24) is 34.5 Å². The van der Waals surface area contributed by atoms with Crippen molar-refractivity contribution in [3.05, 3.63) is 90.7 Å². The Balaban J connectivity index is 1.33. The lowest BCUT2D eigenvalue weighted by Crippen LogP contribution is -2.03. The molecular formula is C21H16ClN9. The summed E-state index contributed by atoms with van der Waals surface area (Å²) in [4.78, 5) is 12.7. The molecule has 0 fully saturated rings. The van der Waals surface area contributed by atoms with Crippen LogP contribution in [0.15, 0.2) is 85.5 Å². The number of anilines is 4. The molecule has 0 spiro atoms. The van der Waals surface area contributed by atoms with E-state index < -0.39 is 0 Å². The van der Waals surface area contributed by atoms with E-state index in [1.165, 1.54) is 0 Å². The van der Waals surface area contributed by atoms with E-state index in [-0.39, 0.29) is 5.28 Å². The minimum atomic E-state index is 0.0610. The summed E-state index contributed by atoms with van der Waals surface area (Å²) in [6, 6.07) is 19.6. The van der Waals surface area contributed by atoms with Crippen LogP contribution in [0.1, 0.15) is 0 Å². The zero-order chi connectivity index (χ0) is 21.0. The lowest BCUT2D eigenvalue weighted by Gasteiger charge is -2.06. The topological polar surface area (TPSA) is 98.4 Å². The average molecular weight is 430 g/mol. The summed E-state index contributed by atoms with van der Waals surface area (Å²) in [5.41, 5.74) is 3.33. The number of nitrogens with zero attached hydrogens (tertiary/aromatic N) is 7. The third-order valence-corrected chi connectivity index (χ3v) is 4.50. The fraction of sp³-hybridized carbons (Fsp3) is 0. The quantitative estimate of drug-likeness (QED) is 0.413. The molecule has 3 heterocycles. The SMILES string of the molecule is Clc1nc(Nc2cnn(-c3ccccc3)c2)nc(Nc2cnn(-c3ccccc3)c2)n1. The second-order valence-electron chi connectivity index (χ2n) is 6.52. The van der Waals surface area contributed by atoms with E-state index in [1.54, 1.807) is 21.8 Å². The number of nitrogens with one attached hydrogen (secondary N) is 2. The molecule has 0 aliphatic heterocycles. The van der Waals surface area contributed by atoms with Gasteiger partial charge in [-0.05, 0) is 35.9 Å². The first-order valence-corrected chi connectivity index (χ1v) is 9.76. The van der Waals surface area contributed by atoms with Crippen molar-refractivity contribution in [2.24, 2.45) is 0 Å². The molecule has 152 valence electrons. The lowest BCUT2D eigenvalue weighted by atomic mass is 10.3. The lowest BCUT2D eigenvalue weighted by molar-refractivity contribution is 0.880. The van der Waals surface area contributed by atoms with Gasteiger partial charge in [0.1, 0.15) is 0 Å². The van der Waals surface area contributed by atoms with Crippen molar-refractivity contribution in [3.63, 3.8) is 0 Å². The molecule has 0 radical (unpaired) electrons. The van der Waals surface area contributed by atoms with Crippen LogP contribution in [0.4, 0.5) is 23.3 Å². The summed E-state index contributed by atoms with van der Waals surface area (Å²) in [5, 5.41) is 15.0. The second-order valence-corrected chi connectivity index (χ2v) is 6.86. The van der Waals surface area contributed by atoms with Crippen LogP contribution >= 0.6 is 11.6 Å². The minimum Gasteiger partial charge on any atom is -0.321 e. The maximum atomic E-state index is 6.10. The molecule has 5 rings (SSSR count). The molecule has 2 N–H and O–H groups in total. The Morgan fingerprint density at radius 3 is 1.52 bits per heavy atom.